The minimum absolute atomic E-state index is 0.551. The maximum Gasteiger partial charge on any atom is 0.0604 e. The monoisotopic (exact) mass is 184 g/mol. The molecule has 0 aromatic heterocycles. The molecule has 0 aromatic rings. The van der Waals surface area contributed by atoms with Crippen molar-refractivity contribution in [2.75, 3.05) is 0 Å². The molecule has 0 amide bonds. The molecule has 1 aliphatic rings. The second kappa shape index (κ2) is 5.64. The van der Waals surface area contributed by atoms with Gasteiger partial charge in [0.15, 0.2) is 0 Å². The first-order valence-corrected chi connectivity index (χ1v) is 5.93. The Morgan fingerprint density at radius 2 is 1.77 bits per heavy atom. The van der Waals surface area contributed by atoms with E-state index >= 15 is 0 Å². The molecule has 13 heavy (non-hydrogen) atoms. The van der Waals surface area contributed by atoms with Gasteiger partial charge in [-0.05, 0) is 31.6 Å². The average Bonchev–Trinajstić information content (AvgIpc) is 2.12. The molecule has 1 heteroatoms. The first-order valence-electron chi connectivity index (χ1n) is 5.93. The van der Waals surface area contributed by atoms with Gasteiger partial charge >= 0.3 is 0 Å². The molecule has 3 unspecified atom stereocenters. The fourth-order valence-electron chi connectivity index (χ4n) is 2.26. The minimum Gasteiger partial charge on any atom is -0.375 e. The summed E-state index contributed by atoms with van der Waals surface area (Å²) in [5, 5.41) is 0. The summed E-state index contributed by atoms with van der Waals surface area (Å²) in [6, 6.07) is 0. The summed E-state index contributed by atoms with van der Waals surface area (Å²) in [6.45, 7) is 6.83. The predicted molar refractivity (Wildman–Crippen MR) is 56.9 cm³/mol. The third-order valence-electron chi connectivity index (χ3n) is 3.13. The fraction of sp³-hybridized carbons (Fsp3) is 1.00. The van der Waals surface area contributed by atoms with Crippen molar-refractivity contribution in [1.82, 2.24) is 0 Å². The standard InChI is InChI=1S/C12H24O/c1-4-6-11-9-8-10(3)12(13-11)7-5-2/h10-12H,4-9H2,1-3H3. The lowest BCUT2D eigenvalue weighted by Crippen LogP contribution is -2.33. The van der Waals surface area contributed by atoms with Crippen LogP contribution in [0.3, 0.4) is 0 Å². The van der Waals surface area contributed by atoms with Gasteiger partial charge < -0.3 is 4.74 Å². The van der Waals surface area contributed by atoms with Crippen LogP contribution in [0.25, 0.3) is 0 Å². The van der Waals surface area contributed by atoms with Crippen LogP contribution in [0.2, 0.25) is 0 Å². The summed E-state index contributed by atoms with van der Waals surface area (Å²) in [5.74, 6) is 0.785. The highest BCUT2D eigenvalue weighted by Gasteiger charge is 2.26. The van der Waals surface area contributed by atoms with Crippen LogP contribution in [0.4, 0.5) is 0 Å². The van der Waals surface area contributed by atoms with Gasteiger partial charge in [-0.2, -0.15) is 0 Å². The Kier molecular flexibility index (Phi) is 4.79. The zero-order valence-electron chi connectivity index (χ0n) is 9.38. The summed E-state index contributed by atoms with van der Waals surface area (Å²) in [7, 11) is 0. The predicted octanol–water partition coefficient (Wildman–Crippen LogP) is 3.77. The second-order valence-electron chi connectivity index (χ2n) is 4.43. The lowest BCUT2D eigenvalue weighted by atomic mass is 9.90. The van der Waals surface area contributed by atoms with Gasteiger partial charge in [0.25, 0.3) is 0 Å². The molecule has 1 fully saturated rings. The van der Waals surface area contributed by atoms with E-state index in [2.05, 4.69) is 20.8 Å². The SMILES string of the molecule is CCCC1CCC(C)C(CCC)O1. The lowest BCUT2D eigenvalue weighted by molar-refractivity contribution is -0.0848. The minimum atomic E-state index is 0.551. The molecule has 0 aromatic carbocycles. The van der Waals surface area contributed by atoms with Crippen LogP contribution >= 0.6 is 0 Å². The van der Waals surface area contributed by atoms with Crippen molar-refractivity contribution in [1.29, 1.82) is 0 Å². The summed E-state index contributed by atoms with van der Waals surface area (Å²) in [4.78, 5) is 0. The van der Waals surface area contributed by atoms with E-state index in [0.717, 1.165) is 5.92 Å². The van der Waals surface area contributed by atoms with Gasteiger partial charge in [0, 0.05) is 0 Å². The molecule has 0 N–H and O–H groups in total. The quantitative estimate of drug-likeness (QED) is 0.646. The van der Waals surface area contributed by atoms with E-state index < -0.39 is 0 Å². The number of ether oxygens (including phenoxy) is 1. The molecule has 1 saturated heterocycles. The van der Waals surface area contributed by atoms with Gasteiger partial charge in [-0.1, -0.05) is 33.6 Å². The van der Waals surface area contributed by atoms with Crippen molar-refractivity contribution in [2.24, 2.45) is 5.92 Å². The van der Waals surface area contributed by atoms with Crippen molar-refractivity contribution in [2.45, 2.75) is 71.5 Å². The zero-order chi connectivity index (χ0) is 9.68. The third kappa shape index (κ3) is 3.30. The molecular weight excluding hydrogens is 160 g/mol. The van der Waals surface area contributed by atoms with E-state index in [-0.39, 0.29) is 0 Å². The zero-order valence-corrected chi connectivity index (χ0v) is 9.38. The molecule has 0 saturated carbocycles. The van der Waals surface area contributed by atoms with Gasteiger partial charge in [0.1, 0.15) is 0 Å². The Balaban J connectivity index is 2.33. The number of hydrogen-bond donors (Lipinski definition) is 0. The van der Waals surface area contributed by atoms with Crippen molar-refractivity contribution in [3.8, 4) is 0 Å². The summed E-state index contributed by atoms with van der Waals surface area (Å²) < 4.78 is 6.08. The van der Waals surface area contributed by atoms with Crippen molar-refractivity contribution < 1.29 is 4.74 Å². The maximum absolute atomic E-state index is 6.08. The third-order valence-corrected chi connectivity index (χ3v) is 3.13. The number of hydrogen-bond acceptors (Lipinski definition) is 1. The Hall–Kier alpha value is -0.0400. The smallest absolute Gasteiger partial charge is 0.0604 e. The molecule has 0 aliphatic carbocycles. The molecule has 1 heterocycles. The summed E-state index contributed by atoms with van der Waals surface area (Å²) in [5.41, 5.74) is 0. The summed E-state index contributed by atoms with van der Waals surface area (Å²) >= 11 is 0. The molecule has 0 bridgehead atoms. The van der Waals surface area contributed by atoms with Crippen LogP contribution in [0.1, 0.15) is 59.3 Å². The maximum atomic E-state index is 6.08. The molecular formula is C12H24O. The van der Waals surface area contributed by atoms with Crippen LogP contribution in [0.5, 0.6) is 0 Å². The van der Waals surface area contributed by atoms with Gasteiger partial charge in [-0.15, -0.1) is 0 Å². The van der Waals surface area contributed by atoms with Gasteiger partial charge in [0.2, 0.25) is 0 Å². The van der Waals surface area contributed by atoms with Crippen LogP contribution < -0.4 is 0 Å². The molecule has 1 aliphatic heterocycles. The summed E-state index contributed by atoms with van der Waals surface area (Å²) in [6.07, 6.45) is 8.80. The van der Waals surface area contributed by atoms with Crippen molar-refractivity contribution in [3.63, 3.8) is 0 Å². The number of rotatable bonds is 4. The second-order valence-corrected chi connectivity index (χ2v) is 4.43. The van der Waals surface area contributed by atoms with Crippen LogP contribution in [0.15, 0.2) is 0 Å². The normalized spacial score (nSPS) is 34.8. The van der Waals surface area contributed by atoms with Crippen LogP contribution in [-0.4, -0.2) is 12.2 Å². The Morgan fingerprint density at radius 3 is 2.38 bits per heavy atom. The molecule has 1 nitrogen and oxygen atoms in total. The molecule has 78 valence electrons. The largest absolute Gasteiger partial charge is 0.375 e. The highest BCUT2D eigenvalue weighted by molar-refractivity contribution is 4.75. The van der Waals surface area contributed by atoms with E-state index in [0.29, 0.717) is 12.2 Å². The van der Waals surface area contributed by atoms with E-state index in [1.807, 2.05) is 0 Å². The molecule has 3 atom stereocenters. The van der Waals surface area contributed by atoms with Gasteiger partial charge in [-0.25, -0.2) is 0 Å². The highest BCUT2D eigenvalue weighted by Crippen LogP contribution is 2.29. The fourth-order valence-corrected chi connectivity index (χ4v) is 2.26. The van der Waals surface area contributed by atoms with Crippen LogP contribution in [-0.2, 0) is 4.74 Å². The van der Waals surface area contributed by atoms with E-state index in [9.17, 15) is 0 Å². The Labute approximate surface area is 82.9 Å². The van der Waals surface area contributed by atoms with Gasteiger partial charge in [-0.3, -0.25) is 0 Å². The van der Waals surface area contributed by atoms with Crippen molar-refractivity contribution >= 4 is 0 Å². The average molecular weight is 184 g/mol. The first kappa shape index (κ1) is 11.0. The first-order chi connectivity index (χ1) is 6.27. The molecule has 0 radical (unpaired) electrons. The lowest BCUT2D eigenvalue weighted by Gasteiger charge is -2.34. The molecule has 1 rings (SSSR count). The van der Waals surface area contributed by atoms with Gasteiger partial charge in [0.05, 0.1) is 12.2 Å². The Morgan fingerprint density at radius 1 is 1.08 bits per heavy atom. The highest BCUT2D eigenvalue weighted by atomic mass is 16.5. The van der Waals surface area contributed by atoms with E-state index in [1.54, 1.807) is 0 Å². The molecule has 0 spiro atoms. The van der Waals surface area contributed by atoms with Crippen molar-refractivity contribution in [3.05, 3.63) is 0 Å². The van der Waals surface area contributed by atoms with Crippen LogP contribution in [0, 0.1) is 5.92 Å². The van der Waals surface area contributed by atoms with E-state index in [1.165, 1.54) is 38.5 Å². The Bertz CT molecular complexity index is 133. The topological polar surface area (TPSA) is 9.23 Å². The van der Waals surface area contributed by atoms with E-state index in [4.69, 9.17) is 4.74 Å².